The molecule has 0 spiro atoms. The summed E-state index contributed by atoms with van der Waals surface area (Å²) in [4.78, 5) is 10.7. The zero-order valence-electron chi connectivity index (χ0n) is 7.39. The molecule has 1 unspecified atom stereocenters. The highest BCUT2D eigenvalue weighted by Gasteiger charge is 2.37. The largest absolute Gasteiger partial charge is 0.468 e. The average Bonchev–Trinajstić information content (AvgIpc) is 2.79. The number of ether oxygens (including phenoxy) is 1. The number of methoxy groups -OCH3 is 1. The van der Waals surface area contributed by atoms with Crippen molar-refractivity contribution < 1.29 is 9.53 Å². The van der Waals surface area contributed by atoms with E-state index in [1.54, 1.807) is 0 Å². The number of carbonyl (C=O) groups excluding carboxylic acids is 1. The molecule has 0 radical (unpaired) electrons. The van der Waals surface area contributed by atoms with Gasteiger partial charge < -0.3 is 10.1 Å². The fraction of sp³-hybridized carbons (Fsp3) is 0.875. The van der Waals surface area contributed by atoms with Crippen LogP contribution in [0.15, 0.2) is 0 Å². The van der Waals surface area contributed by atoms with Crippen LogP contribution in [0.2, 0.25) is 0 Å². The summed E-state index contributed by atoms with van der Waals surface area (Å²) in [6, 6.07) is 0. The van der Waals surface area contributed by atoms with E-state index in [-0.39, 0.29) is 16.3 Å². The number of nitrogens with one attached hydrogen (secondary N) is 1. The lowest BCUT2D eigenvalue weighted by Crippen LogP contribution is -2.36. The molecule has 70 valence electrons. The molecule has 1 fully saturated rings. The van der Waals surface area contributed by atoms with Crippen LogP contribution in [-0.2, 0) is 9.53 Å². The van der Waals surface area contributed by atoms with E-state index in [1.165, 1.54) is 20.0 Å². The fourth-order valence-electron chi connectivity index (χ4n) is 0.911. The van der Waals surface area contributed by atoms with Crippen LogP contribution >= 0.6 is 15.9 Å². The van der Waals surface area contributed by atoms with Gasteiger partial charge in [-0.25, -0.2) is 0 Å². The second-order valence-electron chi connectivity index (χ2n) is 3.43. The molecule has 0 bridgehead atoms. The summed E-state index contributed by atoms with van der Waals surface area (Å²) in [5, 5.41) is 3.30. The molecule has 1 saturated carbocycles. The normalized spacial score (nSPS) is 21.6. The van der Waals surface area contributed by atoms with Gasteiger partial charge in [0.1, 0.15) is 4.83 Å². The summed E-state index contributed by atoms with van der Waals surface area (Å²) in [5.74, 6) is -0.216. The number of halogens is 1. The van der Waals surface area contributed by atoms with Crippen LogP contribution in [0, 0.1) is 0 Å². The van der Waals surface area contributed by atoms with Crippen LogP contribution in [0.3, 0.4) is 0 Å². The molecule has 12 heavy (non-hydrogen) atoms. The van der Waals surface area contributed by atoms with Gasteiger partial charge in [0.15, 0.2) is 0 Å². The molecule has 1 N–H and O–H groups in total. The van der Waals surface area contributed by atoms with Gasteiger partial charge in [0.05, 0.1) is 7.11 Å². The van der Waals surface area contributed by atoms with Gasteiger partial charge in [-0.2, -0.15) is 0 Å². The monoisotopic (exact) mass is 235 g/mol. The smallest absolute Gasteiger partial charge is 0.320 e. The summed E-state index contributed by atoms with van der Waals surface area (Å²) in [7, 11) is 1.40. The standard InChI is InChI=1S/C8H14BrNO2/c1-8(3-4-8)10-5-6(9)7(11)12-2/h6,10H,3-5H2,1-2H3. The highest BCUT2D eigenvalue weighted by Crippen LogP contribution is 2.34. The van der Waals surface area contributed by atoms with Crippen LogP contribution in [0.1, 0.15) is 19.8 Å². The summed E-state index contributed by atoms with van der Waals surface area (Å²) in [6.07, 6.45) is 2.40. The number of hydrogen-bond acceptors (Lipinski definition) is 3. The van der Waals surface area contributed by atoms with Gasteiger partial charge in [0, 0.05) is 12.1 Å². The van der Waals surface area contributed by atoms with Gasteiger partial charge in [-0.3, -0.25) is 4.79 Å². The summed E-state index contributed by atoms with van der Waals surface area (Å²) >= 11 is 3.25. The van der Waals surface area contributed by atoms with Crippen molar-refractivity contribution in [1.82, 2.24) is 5.32 Å². The molecule has 0 aromatic heterocycles. The van der Waals surface area contributed by atoms with E-state index in [2.05, 4.69) is 32.9 Å². The summed E-state index contributed by atoms with van der Waals surface area (Å²) in [5.41, 5.74) is 0.278. The van der Waals surface area contributed by atoms with Gasteiger partial charge in [-0.05, 0) is 19.8 Å². The third-order valence-corrected chi connectivity index (χ3v) is 2.86. The topological polar surface area (TPSA) is 38.3 Å². The number of alkyl halides is 1. The Balaban J connectivity index is 2.17. The first-order chi connectivity index (χ1) is 5.57. The molecule has 1 atom stereocenters. The predicted octanol–water partition coefficient (Wildman–Crippen LogP) is 1.06. The Hall–Kier alpha value is -0.0900. The maximum Gasteiger partial charge on any atom is 0.320 e. The van der Waals surface area contributed by atoms with Crippen molar-refractivity contribution in [2.24, 2.45) is 0 Å². The molecule has 1 aliphatic carbocycles. The minimum Gasteiger partial charge on any atom is -0.468 e. The molecule has 1 aliphatic rings. The number of hydrogen-bond donors (Lipinski definition) is 1. The van der Waals surface area contributed by atoms with E-state index in [0.717, 1.165) is 0 Å². The molecule has 4 heteroatoms. The fourth-order valence-corrected chi connectivity index (χ4v) is 1.26. The molecule has 0 aromatic rings. The molecule has 1 rings (SSSR count). The van der Waals surface area contributed by atoms with Crippen LogP contribution < -0.4 is 5.32 Å². The molecule has 0 aromatic carbocycles. The van der Waals surface area contributed by atoms with Crippen molar-refractivity contribution in [3.05, 3.63) is 0 Å². The first-order valence-corrected chi connectivity index (χ1v) is 4.96. The van der Waals surface area contributed by atoms with E-state index >= 15 is 0 Å². The average molecular weight is 236 g/mol. The Morgan fingerprint density at radius 1 is 1.75 bits per heavy atom. The van der Waals surface area contributed by atoms with Crippen LogP contribution in [0.25, 0.3) is 0 Å². The Kier molecular flexibility index (Phi) is 3.12. The SMILES string of the molecule is COC(=O)C(Br)CNC1(C)CC1. The van der Waals surface area contributed by atoms with Crippen LogP contribution in [0.5, 0.6) is 0 Å². The van der Waals surface area contributed by atoms with Gasteiger partial charge in [0.25, 0.3) is 0 Å². The van der Waals surface area contributed by atoms with Gasteiger partial charge in [-0.1, -0.05) is 15.9 Å². The Morgan fingerprint density at radius 3 is 2.75 bits per heavy atom. The molecule has 0 amide bonds. The second kappa shape index (κ2) is 3.75. The second-order valence-corrected chi connectivity index (χ2v) is 4.54. The molecular formula is C8H14BrNO2. The lowest BCUT2D eigenvalue weighted by molar-refractivity contribution is -0.139. The zero-order chi connectivity index (χ0) is 9.19. The molecule has 0 heterocycles. The number of carbonyl (C=O) groups is 1. The Labute approximate surface area is 81.0 Å². The maximum atomic E-state index is 10.9. The minimum absolute atomic E-state index is 0.216. The zero-order valence-corrected chi connectivity index (χ0v) is 8.98. The summed E-state index contributed by atoms with van der Waals surface area (Å²) in [6.45, 7) is 2.80. The van der Waals surface area contributed by atoms with Crippen molar-refractivity contribution in [3.63, 3.8) is 0 Å². The third-order valence-electron chi connectivity index (χ3n) is 2.16. The highest BCUT2D eigenvalue weighted by molar-refractivity contribution is 9.10. The highest BCUT2D eigenvalue weighted by atomic mass is 79.9. The molecule has 0 saturated heterocycles. The van der Waals surface area contributed by atoms with E-state index < -0.39 is 0 Å². The number of rotatable bonds is 4. The van der Waals surface area contributed by atoms with Crippen molar-refractivity contribution in [3.8, 4) is 0 Å². The van der Waals surface area contributed by atoms with Crippen molar-refractivity contribution in [1.29, 1.82) is 0 Å². The summed E-state index contributed by atoms with van der Waals surface area (Å²) < 4.78 is 4.57. The first-order valence-electron chi connectivity index (χ1n) is 4.04. The first kappa shape index (κ1) is 9.99. The lowest BCUT2D eigenvalue weighted by atomic mass is 10.3. The predicted molar refractivity (Wildman–Crippen MR) is 50.4 cm³/mol. The van der Waals surface area contributed by atoms with E-state index in [1.807, 2.05) is 0 Å². The number of esters is 1. The van der Waals surface area contributed by atoms with E-state index in [0.29, 0.717) is 6.54 Å². The van der Waals surface area contributed by atoms with Gasteiger partial charge in [0.2, 0.25) is 0 Å². The minimum atomic E-state index is -0.222. The molecule has 3 nitrogen and oxygen atoms in total. The van der Waals surface area contributed by atoms with Crippen LogP contribution in [0.4, 0.5) is 0 Å². The maximum absolute atomic E-state index is 10.9. The molecular weight excluding hydrogens is 222 g/mol. The van der Waals surface area contributed by atoms with E-state index in [4.69, 9.17) is 0 Å². The Bertz CT molecular complexity index is 180. The van der Waals surface area contributed by atoms with E-state index in [9.17, 15) is 4.79 Å². The van der Waals surface area contributed by atoms with Crippen molar-refractivity contribution in [2.45, 2.75) is 30.1 Å². The van der Waals surface area contributed by atoms with Crippen molar-refractivity contribution in [2.75, 3.05) is 13.7 Å². The van der Waals surface area contributed by atoms with Crippen LogP contribution in [-0.4, -0.2) is 30.0 Å². The Morgan fingerprint density at radius 2 is 2.33 bits per heavy atom. The van der Waals surface area contributed by atoms with Crippen molar-refractivity contribution >= 4 is 21.9 Å². The quantitative estimate of drug-likeness (QED) is 0.586. The molecule has 0 aliphatic heterocycles. The lowest BCUT2D eigenvalue weighted by Gasteiger charge is -2.13. The third kappa shape index (κ3) is 2.75. The van der Waals surface area contributed by atoms with Gasteiger partial charge >= 0.3 is 5.97 Å². The van der Waals surface area contributed by atoms with Gasteiger partial charge in [-0.15, -0.1) is 0 Å².